The van der Waals surface area contributed by atoms with Gasteiger partial charge in [0.25, 0.3) is 5.91 Å². The second kappa shape index (κ2) is 10.7. The maximum atomic E-state index is 13.3. The molecule has 3 heterocycles. The summed E-state index contributed by atoms with van der Waals surface area (Å²) in [5.41, 5.74) is 5.62. The number of ether oxygens (including phenoxy) is 1. The maximum absolute atomic E-state index is 13.3. The van der Waals surface area contributed by atoms with E-state index in [9.17, 15) is 4.79 Å². The summed E-state index contributed by atoms with van der Waals surface area (Å²) in [6.07, 6.45) is 1.75. The summed E-state index contributed by atoms with van der Waals surface area (Å²) in [4.78, 5) is 15.3. The molecule has 0 aliphatic carbocycles. The van der Waals surface area contributed by atoms with Crippen molar-refractivity contribution in [3.05, 3.63) is 56.5 Å². The van der Waals surface area contributed by atoms with Gasteiger partial charge in [-0.3, -0.25) is 10.2 Å². The lowest BCUT2D eigenvalue weighted by Crippen LogP contribution is -2.48. The zero-order valence-electron chi connectivity index (χ0n) is 18.1. The van der Waals surface area contributed by atoms with Crippen LogP contribution in [0.5, 0.6) is 0 Å². The number of aryl methyl sites for hydroxylation is 1. The molecule has 7 nitrogen and oxygen atoms in total. The second-order valence-electron chi connectivity index (χ2n) is 7.50. The Bertz CT molecular complexity index is 1190. The number of aromatic nitrogens is 2. The Labute approximate surface area is 206 Å². The van der Waals surface area contributed by atoms with E-state index in [4.69, 9.17) is 38.3 Å². The molecule has 172 valence electrons. The Hall–Kier alpha value is -2.41. The highest BCUT2D eigenvalue weighted by Gasteiger charge is 2.27. The third-order valence-corrected chi connectivity index (χ3v) is 7.03. The maximum Gasteiger partial charge on any atom is 0.286 e. The zero-order valence-corrected chi connectivity index (χ0v) is 20.4. The van der Waals surface area contributed by atoms with Crippen LogP contribution in [-0.4, -0.2) is 47.0 Å². The molecule has 1 aromatic carbocycles. The third-order valence-electron chi connectivity index (χ3n) is 5.34. The highest BCUT2D eigenvalue weighted by Crippen LogP contribution is 2.37. The smallest absolute Gasteiger partial charge is 0.286 e. The van der Waals surface area contributed by atoms with Crippen molar-refractivity contribution in [2.75, 3.05) is 26.3 Å². The summed E-state index contributed by atoms with van der Waals surface area (Å²) in [6, 6.07) is 11.4. The van der Waals surface area contributed by atoms with E-state index >= 15 is 0 Å². The second-order valence-corrected chi connectivity index (χ2v) is 9.51. The lowest BCUT2D eigenvalue weighted by Gasteiger charge is -2.26. The molecular weight excluding hydrogens is 481 g/mol. The Morgan fingerprint density at radius 1 is 1.27 bits per heavy atom. The molecule has 0 bridgehead atoms. The summed E-state index contributed by atoms with van der Waals surface area (Å²) in [5.74, 6) is -0.264. The number of nitrogens with zero attached hydrogens (tertiary/aromatic N) is 4. The molecule has 0 spiro atoms. The summed E-state index contributed by atoms with van der Waals surface area (Å²) in [5, 5.41) is 16.5. The number of carbonyl (C=O) groups excluding carboxylic acids is 1. The Kier molecular flexibility index (Phi) is 7.68. The molecule has 0 saturated carbocycles. The number of hydrazine groups is 1. The van der Waals surface area contributed by atoms with Gasteiger partial charge in [-0.25, -0.2) is 9.69 Å². The molecule has 1 amide bonds. The highest BCUT2D eigenvalue weighted by atomic mass is 35.5. The molecule has 1 aliphatic heterocycles. The van der Waals surface area contributed by atoms with Crippen LogP contribution in [0.4, 0.5) is 0 Å². The molecule has 2 aromatic heterocycles. The summed E-state index contributed by atoms with van der Waals surface area (Å²) >= 11 is 14.2. The zero-order chi connectivity index (χ0) is 23.4. The minimum Gasteiger partial charge on any atom is -0.379 e. The Morgan fingerprint density at radius 2 is 2.06 bits per heavy atom. The number of morpholine rings is 1. The first kappa shape index (κ1) is 23.7. The standard InChI is InChI=1S/C23H23Cl2N5O2S/c1-2-17-21(23(31)28-29-10-12-32-13-11-29)27-30(19-7-5-15(24)14-18(19)25)22(17)20-8-6-16(33-20)4-3-9-26/h5-8,14H,2-4,10-13H2,1H3,(H,28,31). The molecule has 1 saturated heterocycles. The normalized spacial score (nSPS) is 14.2. The van der Waals surface area contributed by atoms with Gasteiger partial charge in [0.2, 0.25) is 0 Å². The van der Waals surface area contributed by atoms with Crippen LogP contribution in [-0.2, 0) is 17.6 Å². The van der Waals surface area contributed by atoms with Gasteiger partial charge in [-0.1, -0.05) is 30.1 Å². The van der Waals surface area contributed by atoms with E-state index in [0.29, 0.717) is 67.0 Å². The van der Waals surface area contributed by atoms with Gasteiger partial charge < -0.3 is 4.74 Å². The van der Waals surface area contributed by atoms with E-state index in [0.717, 1.165) is 21.0 Å². The Balaban J connectivity index is 1.80. The third kappa shape index (κ3) is 5.24. The van der Waals surface area contributed by atoms with Crippen LogP contribution in [0.3, 0.4) is 0 Å². The molecule has 1 N–H and O–H groups in total. The number of benzene rings is 1. The molecule has 0 radical (unpaired) electrons. The fraction of sp³-hybridized carbons (Fsp3) is 0.348. The van der Waals surface area contributed by atoms with E-state index in [1.54, 1.807) is 34.2 Å². The number of amides is 1. The van der Waals surface area contributed by atoms with Crippen molar-refractivity contribution in [2.45, 2.75) is 26.2 Å². The first-order valence-corrected chi connectivity index (χ1v) is 12.3. The molecule has 10 heteroatoms. The first-order valence-electron chi connectivity index (χ1n) is 10.7. The molecule has 33 heavy (non-hydrogen) atoms. The average molecular weight is 504 g/mol. The van der Waals surface area contributed by atoms with Crippen LogP contribution in [0.15, 0.2) is 30.3 Å². The molecule has 1 aliphatic rings. The van der Waals surface area contributed by atoms with Crippen molar-refractivity contribution in [1.82, 2.24) is 20.2 Å². The topological polar surface area (TPSA) is 83.2 Å². The minimum atomic E-state index is -0.264. The van der Waals surface area contributed by atoms with Gasteiger partial charge in [-0.2, -0.15) is 10.4 Å². The van der Waals surface area contributed by atoms with Crippen LogP contribution < -0.4 is 5.43 Å². The number of thiophene rings is 1. The molecule has 0 atom stereocenters. The number of hydrogen-bond donors (Lipinski definition) is 1. The number of rotatable bonds is 7. The van der Waals surface area contributed by atoms with Crippen LogP contribution in [0, 0.1) is 11.3 Å². The van der Waals surface area contributed by atoms with Gasteiger partial charge in [0.15, 0.2) is 5.69 Å². The summed E-state index contributed by atoms with van der Waals surface area (Å²) < 4.78 is 7.09. The number of hydrogen-bond acceptors (Lipinski definition) is 6. The van der Waals surface area contributed by atoms with Crippen molar-refractivity contribution in [1.29, 1.82) is 5.26 Å². The van der Waals surface area contributed by atoms with Gasteiger partial charge >= 0.3 is 0 Å². The van der Waals surface area contributed by atoms with Gasteiger partial charge in [-0.15, -0.1) is 11.3 Å². The number of halogens is 2. The summed E-state index contributed by atoms with van der Waals surface area (Å²) in [6.45, 7) is 4.39. The van der Waals surface area contributed by atoms with Crippen molar-refractivity contribution in [2.24, 2.45) is 0 Å². The fourth-order valence-electron chi connectivity index (χ4n) is 3.74. The van der Waals surface area contributed by atoms with Crippen molar-refractivity contribution in [3.8, 4) is 22.3 Å². The van der Waals surface area contributed by atoms with E-state index in [2.05, 4.69) is 11.5 Å². The van der Waals surface area contributed by atoms with Gasteiger partial charge in [0, 0.05) is 35.0 Å². The van der Waals surface area contributed by atoms with Crippen LogP contribution >= 0.6 is 34.5 Å². The van der Waals surface area contributed by atoms with Crippen LogP contribution in [0.2, 0.25) is 10.0 Å². The highest BCUT2D eigenvalue weighted by molar-refractivity contribution is 7.15. The van der Waals surface area contributed by atoms with Gasteiger partial charge in [-0.05, 0) is 43.2 Å². The fourth-order valence-corrected chi connectivity index (χ4v) is 5.29. The van der Waals surface area contributed by atoms with E-state index < -0.39 is 0 Å². The van der Waals surface area contributed by atoms with Crippen molar-refractivity contribution >= 4 is 40.4 Å². The predicted molar refractivity (Wildman–Crippen MR) is 130 cm³/mol. The van der Waals surface area contributed by atoms with Crippen molar-refractivity contribution in [3.63, 3.8) is 0 Å². The molecule has 0 unspecified atom stereocenters. The number of nitriles is 1. The van der Waals surface area contributed by atoms with Gasteiger partial charge in [0.05, 0.1) is 40.6 Å². The van der Waals surface area contributed by atoms with E-state index in [-0.39, 0.29) is 5.91 Å². The quantitative estimate of drug-likeness (QED) is 0.495. The molecule has 4 rings (SSSR count). The molecule has 3 aromatic rings. The van der Waals surface area contributed by atoms with Gasteiger partial charge in [0.1, 0.15) is 0 Å². The Morgan fingerprint density at radius 3 is 2.76 bits per heavy atom. The van der Waals surface area contributed by atoms with Crippen LogP contribution in [0.1, 0.15) is 34.3 Å². The molecular formula is C23H23Cl2N5O2S. The van der Waals surface area contributed by atoms with E-state index in [1.807, 2.05) is 24.1 Å². The van der Waals surface area contributed by atoms with E-state index in [1.165, 1.54) is 0 Å². The average Bonchev–Trinajstić information content (AvgIpc) is 3.42. The van der Waals surface area contributed by atoms with Crippen LogP contribution in [0.25, 0.3) is 16.3 Å². The largest absolute Gasteiger partial charge is 0.379 e. The summed E-state index contributed by atoms with van der Waals surface area (Å²) in [7, 11) is 0. The lowest BCUT2D eigenvalue weighted by molar-refractivity contribution is 0.0124. The first-order chi connectivity index (χ1) is 16.0. The predicted octanol–water partition coefficient (Wildman–Crippen LogP) is 4.90. The minimum absolute atomic E-state index is 0.264. The molecule has 1 fully saturated rings. The van der Waals surface area contributed by atoms with Crippen molar-refractivity contribution < 1.29 is 9.53 Å². The lowest BCUT2D eigenvalue weighted by atomic mass is 10.1. The monoisotopic (exact) mass is 503 g/mol. The number of nitrogens with one attached hydrogen (secondary N) is 1. The number of carbonyl (C=O) groups is 1. The SMILES string of the molecule is CCc1c(C(=O)NN2CCOCC2)nn(-c2ccc(Cl)cc2Cl)c1-c1ccc(CCC#N)s1.